The molecule has 0 radical (unpaired) electrons. The molecule has 37 heavy (non-hydrogen) atoms. The zero-order chi connectivity index (χ0) is 25.8. The summed E-state index contributed by atoms with van der Waals surface area (Å²) in [5.41, 5.74) is 5.55. The summed E-state index contributed by atoms with van der Waals surface area (Å²) in [7, 11) is 1.50. The molecule has 9 heteroatoms. The predicted molar refractivity (Wildman–Crippen MR) is 147 cm³/mol. The molecule has 1 amide bonds. The minimum absolute atomic E-state index is 0.00239. The van der Waals surface area contributed by atoms with Gasteiger partial charge >= 0.3 is 0 Å². The smallest absolute Gasteiger partial charge is 0.250 e. The Labute approximate surface area is 221 Å². The minimum Gasteiger partial charge on any atom is -0.375 e. The van der Waals surface area contributed by atoms with E-state index in [-0.39, 0.29) is 24.6 Å². The molecule has 8 nitrogen and oxygen atoms in total. The largest absolute Gasteiger partial charge is 0.375 e. The van der Waals surface area contributed by atoms with Crippen molar-refractivity contribution in [2.75, 3.05) is 23.9 Å². The molecule has 0 bridgehead atoms. The summed E-state index contributed by atoms with van der Waals surface area (Å²) in [6, 6.07) is 21.6. The number of nitrogens with zero attached hydrogens (tertiary/aromatic N) is 4. The molecule has 4 aromatic rings. The van der Waals surface area contributed by atoms with E-state index in [0.29, 0.717) is 11.7 Å². The van der Waals surface area contributed by atoms with Crippen LogP contribution in [0, 0.1) is 6.92 Å². The van der Waals surface area contributed by atoms with Crippen LogP contribution in [0.1, 0.15) is 34.7 Å². The number of methoxy groups -OCH3 is 1. The molecule has 1 aromatic carbocycles. The number of pyridine rings is 2. The molecule has 0 aliphatic carbocycles. The number of anilines is 2. The highest BCUT2D eigenvalue weighted by atomic mass is 32.1. The molecule has 0 spiro atoms. The van der Waals surface area contributed by atoms with Crippen molar-refractivity contribution in [2.45, 2.75) is 25.6 Å². The normalized spacial score (nSPS) is 17.0. The molecule has 1 saturated heterocycles. The van der Waals surface area contributed by atoms with Crippen LogP contribution in [0.15, 0.2) is 85.3 Å². The van der Waals surface area contributed by atoms with E-state index >= 15 is 0 Å². The van der Waals surface area contributed by atoms with E-state index in [9.17, 15) is 4.79 Å². The molecule has 1 fully saturated rings. The van der Waals surface area contributed by atoms with Crippen molar-refractivity contribution in [2.24, 2.45) is 0 Å². The second-order valence-electron chi connectivity index (χ2n) is 8.86. The van der Waals surface area contributed by atoms with Crippen LogP contribution >= 0.6 is 12.2 Å². The number of ether oxygens (including phenoxy) is 1. The number of nitrogens with one attached hydrogen (secondary N) is 2. The molecule has 2 atom stereocenters. The van der Waals surface area contributed by atoms with E-state index in [4.69, 9.17) is 17.0 Å². The standard InChI is InChI=1S/C28H28N6O2S/c1-19-16-21(11-12-22(19)31-25(35)18-36-2)34-27(26(32-28(34)37)23-9-4-6-14-30-23)24-10-7-15-33(24)17-20-8-3-5-13-29-20/h3-16,26-27H,17-18H2,1-2H3,(H,31,35)(H,32,37)/t26-,27-/m1/s1. The number of hydrogen-bond acceptors (Lipinski definition) is 5. The highest BCUT2D eigenvalue weighted by Gasteiger charge is 2.42. The summed E-state index contributed by atoms with van der Waals surface area (Å²) < 4.78 is 7.15. The van der Waals surface area contributed by atoms with Crippen molar-refractivity contribution in [1.82, 2.24) is 19.9 Å². The van der Waals surface area contributed by atoms with Crippen molar-refractivity contribution in [3.8, 4) is 0 Å². The summed E-state index contributed by atoms with van der Waals surface area (Å²) in [6.45, 7) is 2.61. The third-order valence-electron chi connectivity index (χ3n) is 6.36. The number of amides is 1. The van der Waals surface area contributed by atoms with Gasteiger partial charge in [0, 0.05) is 42.8 Å². The Morgan fingerprint density at radius 1 is 1.08 bits per heavy atom. The van der Waals surface area contributed by atoms with Gasteiger partial charge in [0.1, 0.15) is 12.6 Å². The Balaban J connectivity index is 1.54. The van der Waals surface area contributed by atoms with E-state index in [2.05, 4.69) is 42.3 Å². The van der Waals surface area contributed by atoms with E-state index < -0.39 is 0 Å². The van der Waals surface area contributed by atoms with Gasteiger partial charge in [0.05, 0.1) is 24.0 Å². The molecule has 1 aliphatic heterocycles. The molecule has 1 aliphatic rings. The van der Waals surface area contributed by atoms with Gasteiger partial charge in [0.2, 0.25) is 5.91 Å². The van der Waals surface area contributed by atoms with Crippen LogP contribution in [-0.4, -0.2) is 39.3 Å². The second-order valence-corrected chi connectivity index (χ2v) is 9.25. The van der Waals surface area contributed by atoms with Gasteiger partial charge in [0.25, 0.3) is 0 Å². The Morgan fingerprint density at radius 2 is 1.89 bits per heavy atom. The lowest BCUT2D eigenvalue weighted by molar-refractivity contribution is -0.119. The number of carbonyl (C=O) groups is 1. The fourth-order valence-electron chi connectivity index (χ4n) is 4.69. The average Bonchev–Trinajstić information content (AvgIpc) is 3.50. The Bertz CT molecular complexity index is 1390. The van der Waals surface area contributed by atoms with Crippen LogP contribution in [0.3, 0.4) is 0 Å². The van der Waals surface area contributed by atoms with Gasteiger partial charge in [-0.2, -0.15) is 0 Å². The van der Waals surface area contributed by atoms with Crippen LogP contribution < -0.4 is 15.5 Å². The first-order chi connectivity index (χ1) is 18.0. The number of benzene rings is 1. The fraction of sp³-hybridized carbons (Fsp3) is 0.214. The monoisotopic (exact) mass is 512 g/mol. The number of rotatable bonds is 8. The fourth-order valence-corrected chi connectivity index (χ4v) is 5.04. The topological polar surface area (TPSA) is 84.3 Å². The third-order valence-corrected chi connectivity index (χ3v) is 6.68. The number of thiocarbonyl (C=S) groups is 1. The number of aryl methyl sites for hydroxylation is 1. The highest BCUT2D eigenvalue weighted by Crippen LogP contribution is 2.42. The first-order valence-corrected chi connectivity index (χ1v) is 12.4. The van der Waals surface area contributed by atoms with E-state index in [1.807, 2.05) is 73.8 Å². The van der Waals surface area contributed by atoms with Crippen molar-refractivity contribution in [3.63, 3.8) is 0 Å². The summed E-state index contributed by atoms with van der Waals surface area (Å²) in [5, 5.41) is 7.02. The number of carbonyl (C=O) groups excluding carboxylic acids is 1. The molecular weight excluding hydrogens is 484 g/mol. The predicted octanol–water partition coefficient (Wildman–Crippen LogP) is 4.40. The average molecular weight is 513 g/mol. The molecule has 188 valence electrons. The van der Waals surface area contributed by atoms with E-state index in [1.165, 1.54) is 7.11 Å². The van der Waals surface area contributed by atoms with E-state index in [1.54, 1.807) is 6.20 Å². The summed E-state index contributed by atoms with van der Waals surface area (Å²) in [4.78, 5) is 23.4. The maximum absolute atomic E-state index is 12.1. The van der Waals surface area contributed by atoms with Gasteiger partial charge in [-0.25, -0.2) is 0 Å². The van der Waals surface area contributed by atoms with Gasteiger partial charge in [-0.15, -0.1) is 0 Å². The molecule has 4 heterocycles. The van der Waals surface area contributed by atoms with E-state index in [0.717, 1.165) is 34.0 Å². The summed E-state index contributed by atoms with van der Waals surface area (Å²) in [5.74, 6) is -0.197. The van der Waals surface area contributed by atoms with Gasteiger partial charge in [-0.05, 0) is 79.3 Å². The van der Waals surface area contributed by atoms with Crippen LogP contribution in [0.5, 0.6) is 0 Å². The third kappa shape index (κ3) is 5.23. The van der Waals surface area contributed by atoms with Crippen molar-refractivity contribution < 1.29 is 9.53 Å². The quantitative estimate of drug-likeness (QED) is 0.339. The highest BCUT2D eigenvalue weighted by molar-refractivity contribution is 7.80. The molecule has 2 N–H and O–H groups in total. The molecule has 5 rings (SSSR count). The maximum atomic E-state index is 12.1. The van der Waals surface area contributed by atoms with Gasteiger partial charge < -0.3 is 24.8 Å². The molecule has 3 aromatic heterocycles. The first kappa shape index (κ1) is 24.6. The Morgan fingerprint density at radius 3 is 2.59 bits per heavy atom. The number of aromatic nitrogens is 3. The summed E-state index contributed by atoms with van der Waals surface area (Å²) in [6.07, 6.45) is 5.68. The number of hydrogen-bond donors (Lipinski definition) is 2. The first-order valence-electron chi connectivity index (χ1n) is 12.0. The minimum atomic E-state index is -0.197. The molecule has 0 unspecified atom stereocenters. The second kappa shape index (κ2) is 10.9. The van der Waals surface area contributed by atoms with Crippen LogP contribution in [0.4, 0.5) is 11.4 Å². The van der Waals surface area contributed by atoms with Crippen LogP contribution in [0.25, 0.3) is 0 Å². The van der Waals surface area contributed by atoms with Gasteiger partial charge in [-0.3, -0.25) is 14.8 Å². The molecule has 0 saturated carbocycles. The summed E-state index contributed by atoms with van der Waals surface area (Å²) >= 11 is 5.88. The van der Waals surface area contributed by atoms with Gasteiger partial charge in [0.15, 0.2) is 5.11 Å². The Hall–Kier alpha value is -4.08. The SMILES string of the molecule is COCC(=O)Nc1ccc(N2C(=S)N[C@H](c3ccccn3)[C@H]2c2cccn2Cc2ccccn2)cc1C. The van der Waals surface area contributed by atoms with Crippen LogP contribution in [0.2, 0.25) is 0 Å². The van der Waals surface area contributed by atoms with Crippen molar-refractivity contribution in [1.29, 1.82) is 0 Å². The van der Waals surface area contributed by atoms with Gasteiger partial charge in [-0.1, -0.05) is 12.1 Å². The Kier molecular flexibility index (Phi) is 7.25. The van der Waals surface area contributed by atoms with Crippen molar-refractivity contribution >= 4 is 34.6 Å². The van der Waals surface area contributed by atoms with Crippen molar-refractivity contribution in [3.05, 3.63) is 108 Å². The lowest BCUT2D eigenvalue weighted by atomic mass is 10.0. The van der Waals surface area contributed by atoms with Crippen LogP contribution in [-0.2, 0) is 16.1 Å². The zero-order valence-corrected chi connectivity index (χ0v) is 21.5. The molecular formula is C28H28N6O2S. The lowest BCUT2D eigenvalue weighted by Gasteiger charge is -2.29. The lowest BCUT2D eigenvalue weighted by Crippen LogP contribution is -2.30. The maximum Gasteiger partial charge on any atom is 0.250 e. The zero-order valence-electron chi connectivity index (χ0n) is 20.7.